The normalized spacial score (nSPS) is 10.5. The molecule has 13 nitrogen and oxygen atoms in total. The van der Waals surface area contributed by atoms with Crippen molar-refractivity contribution >= 4 is 30.3 Å². The van der Waals surface area contributed by atoms with Crippen LogP contribution in [0.25, 0.3) is 0 Å². The van der Waals surface area contributed by atoms with Crippen molar-refractivity contribution < 1.29 is 59.0 Å². The minimum atomic E-state index is -1.83. The topological polar surface area (TPSA) is 217 Å². The molecule has 0 aliphatic carbocycles. The van der Waals surface area contributed by atoms with Crippen molar-refractivity contribution in [3.8, 4) is 0 Å². The van der Waals surface area contributed by atoms with Gasteiger partial charge in [-0.3, -0.25) is 9.59 Å². The van der Waals surface area contributed by atoms with Gasteiger partial charge in [0.05, 0.1) is 26.0 Å². The molecule has 0 spiro atoms. The molecule has 0 saturated carbocycles. The molecule has 1 amide bonds. The SMILES string of the molecule is COC(=O)CC(CC(=O)O)NC(=O)OC(C)(C)C.O=C(O)O.O=C(O)O. The number of hydrogen-bond donors (Lipinski definition) is 6. The number of carbonyl (C=O) groups is 5. The molecule has 0 saturated heterocycles. The van der Waals surface area contributed by atoms with Crippen LogP contribution in [0.1, 0.15) is 33.6 Å². The molecular weight excluding hydrogens is 362 g/mol. The summed E-state index contributed by atoms with van der Waals surface area (Å²) >= 11 is 0. The van der Waals surface area contributed by atoms with E-state index < -0.39 is 42.0 Å². The molecule has 0 aliphatic heterocycles. The Labute approximate surface area is 148 Å². The minimum Gasteiger partial charge on any atom is -0.481 e. The predicted octanol–water partition coefficient (Wildman–Crippen LogP) is 1.36. The quantitative estimate of drug-likeness (QED) is 0.370. The molecule has 6 N–H and O–H groups in total. The van der Waals surface area contributed by atoms with Crippen LogP contribution in [0.15, 0.2) is 0 Å². The van der Waals surface area contributed by atoms with Gasteiger partial charge in [0.15, 0.2) is 0 Å². The lowest BCUT2D eigenvalue weighted by atomic mass is 10.1. The standard InChI is InChI=1S/C11H19NO6.2CH2O3/c1-11(2,3)18-10(16)12-7(5-8(13)14)6-9(15)17-4;2*2-1(3)4/h7H,5-6H2,1-4H3,(H,12,16)(H,13,14);2*(H2,2,3,4). The highest BCUT2D eigenvalue weighted by Crippen LogP contribution is 2.08. The Morgan fingerprint density at radius 2 is 1.27 bits per heavy atom. The van der Waals surface area contributed by atoms with Gasteiger partial charge in [-0.2, -0.15) is 0 Å². The lowest BCUT2D eigenvalue weighted by Gasteiger charge is -2.22. The Balaban J connectivity index is -0.000000551. The summed E-state index contributed by atoms with van der Waals surface area (Å²) in [7, 11) is 1.19. The molecule has 0 fully saturated rings. The van der Waals surface area contributed by atoms with Gasteiger partial charge in [-0.15, -0.1) is 0 Å². The molecule has 0 heterocycles. The number of esters is 1. The molecule has 26 heavy (non-hydrogen) atoms. The molecule has 0 radical (unpaired) electrons. The number of hydrogen-bond acceptors (Lipinski definition) is 7. The van der Waals surface area contributed by atoms with Crippen LogP contribution in [-0.4, -0.2) is 74.6 Å². The summed E-state index contributed by atoms with van der Waals surface area (Å²) in [6.07, 6.45) is -5.03. The first kappa shape index (κ1) is 27.6. The van der Waals surface area contributed by atoms with E-state index in [1.54, 1.807) is 20.8 Å². The predicted molar refractivity (Wildman–Crippen MR) is 83.4 cm³/mol. The van der Waals surface area contributed by atoms with Gasteiger partial charge in [0.25, 0.3) is 0 Å². The van der Waals surface area contributed by atoms with Gasteiger partial charge in [-0.25, -0.2) is 14.4 Å². The van der Waals surface area contributed by atoms with E-state index in [9.17, 15) is 14.4 Å². The lowest BCUT2D eigenvalue weighted by molar-refractivity contribution is -0.142. The van der Waals surface area contributed by atoms with Crippen molar-refractivity contribution in [2.24, 2.45) is 0 Å². The summed E-state index contributed by atoms with van der Waals surface area (Å²) < 4.78 is 9.39. The van der Waals surface area contributed by atoms with Crippen molar-refractivity contribution in [2.45, 2.75) is 45.3 Å². The van der Waals surface area contributed by atoms with Crippen LogP contribution in [-0.2, 0) is 19.1 Å². The zero-order valence-corrected chi connectivity index (χ0v) is 14.6. The van der Waals surface area contributed by atoms with Crippen LogP contribution in [0, 0.1) is 0 Å². The fourth-order valence-corrected chi connectivity index (χ4v) is 1.14. The number of carbonyl (C=O) groups excluding carboxylic acids is 2. The number of carboxylic acid groups (broad SMARTS) is 5. The molecule has 0 aromatic heterocycles. The number of methoxy groups -OCH3 is 1. The third-order valence-electron chi connectivity index (χ3n) is 1.78. The van der Waals surface area contributed by atoms with E-state index in [2.05, 4.69) is 10.1 Å². The Kier molecular flexibility index (Phi) is 15.0. The summed E-state index contributed by atoms with van der Waals surface area (Å²) in [5.41, 5.74) is -0.691. The van der Waals surface area contributed by atoms with Crippen LogP contribution in [0.2, 0.25) is 0 Å². The number of ether oxygens (including phenoxy) is 2. The van der Waals surface area contributed by atoms with E-state index in [0.29, 0.717) is 0 Å². The van der Waals surface area contributed by atoms with Crippen molar-refractivity contribution in [1.82, 2.24) is 5.32 Å². The van der Waals surface area contributed by atoms with Crippen LogP contribution in [0.4, 0.5) is 14.4 Å². The number of alkyl carbamates (subject to hydrolysis) is 1. The second-order valence-electron chi connectivity index (χ2n) is 5.29. The number of rotatable bonds is 5. The van der Waals surface area contributed by atoms with Crippen LogP contribution < -0.4 is 5.32 Å². The summed E-state index contributed by atoms with van der Waals surface area (Å²) in [6.45, 7) is 5.04. The molecule has 0 rings (SSSR count). The molecule has 152 valence electrons. The average molecular weight is 385 g/mol. The van der Waals surface area contributed by atoms with Gasteiger partial charge in [0.2, 0.25) is 0 Å². The third kappa shape index (κ3) is 32.6. The molecular formula is C13H23NO12. The van der Waals surface area contributed by atoms with Crippen molar-refractivity contribution in [3.05, 3.63) is 0 Å². The summed E-state index contributed by atoms with van der Waals surface area (Å²) in [5, 5.41) is 38.9. The van der Waals surface area contributed by atoms with E-state index in [4.69, 9.17) is 39.9 Å². The molecule has 1 unspecified atom stereocenters. The molecule has 0 aliphatic rings. The smallest absolute Gasteiger partial charge is 0.481 e. The lowest BCUT2D eigenvalue weighted by Crippen LogP contribution is -2.41. The van der Waals surface area contributed by atoms with Gasteiger partial charge in [-0.05, 0) is 20.8 Å². The Hall–Kier alpha value is -3.25. The van der Waals surface area contributed by atoms with Gasteiger partial charge in [0, 0.05) is 0 Å². The van der Waals surface area contributed by atoms with Gasteiger partial charge in [0.1, 0.15) is 5.60 Å². The van der Waals surface area contributed by atoms with Crippen LogP contribution >= 0.6 is 0 Å². The van der Waals surface area contributed by atoms with Crippen molar-refractivity contribution in [3.63, 3.8) is 0 Å². The van der Waals surface area contributed by atoms with Crippen LogP contribution in [0.5, 0.6) is 0 Å². The van der Waals surface area contributed by atoms with Gasteiger partial charge in [-0.1, -0.05) is 0 Å². The molecule has 13 heteroatoms. The maximum Gasteiger partial charge on any atom is 0.503 e. The maximum atomic E-state index is 11.4. The Bertz CT molecular complexity index is 462. The van der Waals surface area contributed by atoms with Crippen molar-refractivity contribution in [1.29, 1.82) is 0 Å². The summed E-state index contributed by atoms with van der Waals surface area (Å²) in [4.78, 5) is 50.2. The number of carboxylic acids is 1. The highest BCUT2D eigenvalue weighted by molar-refractivity contribution is 5.75. The zero-order chi connectivity index (χ0) is 21.5. The average Bonchev–Trinajstić information content (AvgIpc) is 2.33. The van der Waals surface area contributed by atoms with E-state index in [-0.39, 0.29) is 12.8 Å². The Morgan fingerprint density at radius 1 is 0.885 bits per heavy atom. The zero-order valence-electron chi connectivity index (χ0n) is 14.6. The first-order chi connectivity index (χ1) is 11.6. The maximum absolute atomic E-state index is 11.4. The fraction of sp³-hybridized carbons (Fsp3) is 0.615. The second-order valence-corrected chi connectivity index (χ2v) is 5.29. The minimum absolute atomic E-state index is 0.220. The second kappa shape index (κ2) is 14.1. The van der Waals surface area contributed by atoms with E-state index in [1.165, 1.54) is 7.11 Å². The third-order valence-corrected chi connectivity index (χ3v) is 1.78. The van der Waals surface area contributed by atoms with Crippen LogP contribution in [0.3, 0.4) is 0 Å². The van der Waals surface area contributed by atoms with Gasteiger partial charge >= 0.3 is 30.3 Å². The Morgan fingerprint density at radius 3 is 1.54 bits per heavy atom. The fourth-order valence-electron chi connectivity index (χ4n) is 1.14. The monoisotopic (exact) mass is 385 g/mol. The number of aliphatic carboxylic acids is 1. The first-order valence-corrected chi connectivity index (χ1v) is 6.72. The summed E-state index contributed by atoms with van der Waals surface area (Å²) in [6, 6.07) is -0.857. The summed E-state index contributed by atoms with van der Waals surface area (Å²) in [5.74, 6) is -1.72. The largest absolute Gasteiger partial charge is 0.503 e. The molecule has 0 bridgehead atoms. The van der Waals surface area contributed by atoms with E-state index in [1.807, 2.05) is 0 Å². The molecule has 0 aromatic carbocycles. The highest BCUT2D eigenvalue weighted by atomic mass is 16.6. The van der Waals surface area contributed by atoms with Gasteiger partial charge < -0.3 is 40.3 Å². The first-order valence-electron chi connectivity index (χ1n) is 6.72. The highest BCUT2D eigenvalue weighted by Gasteiger charge is 2.23. The number of nitrogens with one attached hydrogen (secondary N) is 1. The number of amides is 1. The van der Waals surface area contributed by atoms with E-state index in [0.717, 1.165) is 0 Å². The molecule has 0 aromatic rings. The molecule has 1 atom stereocenters. The van der Waals surface area contributed by atoms with E-state index >= 15 is 0 Å². The van der Waals surface area contributed by atoms with Crippen molar-refractivity contribution in [2.75, 3.05) is 7.11 Å².